The summed E-state index contributed by atoms with van der Waals surface area (Å²) in [6, 6.07) is -0.421. The molecule has 0 N–H and O–H groups in total. The third-order valence-electron chi connectivity index (χ3n) is 6.25. The molecule has 5 atom stereocenters. The Bertz CT molecular complexity index is 1000. The number of amides is 3. The molecule has 0 aromatic rings. The number of rotatable bonds is 10. The van der Waals surface area contributed by atoms with Gasteiger partial charge >= 0.3 is 29.9 Å². The van der Waals surface area contributed by atoms with E-state index in [0.717, 1.165) is 20.8 Å². The van der Waals surface area contributed by atoms with E-state index in [0.29, 0.717) is 0 Å². The molecule has 0 unspecified atom stereocenters. The highest BCUT2D eigenvalue weighted by Gasteiger charge is 2.55. The van der Waals surface area contributed by atoms with Crippen LogP contribution >= 0.6 is 0 Å². The van der Waals surface area contributed by atoms with E-state index in [-0.39, 0.29) is 32.1 Å². The quantitative estimate of drug-likeness (QED) is 0.160. The van der Waals surface area contributed by atoms with Gasteiger partial charge in [0.15, 0.2) is 24.6 Å². The normalized spacial score (nSPS) is 26.4. The van der Waals surface area contributed by atoms with Crippen molar-refractivity contribution in [3.05, 3.63) is 0 Å². The summed E-state index contributed by atoms with van der Waals surface area (Å²) in [5.41, 5.74) is -1.77. The van der Waals surface area contributed by atoms with Crippen LogP contribution < -0.4 is 0 Å². The monoisotopic (exact) mass is 572 g/mol. The molecule has 14 nitrogen and oxygen atoms in total. The van der Waals surface area contributed by atoms with Crippen LogP contribution in [0.3, 0.4) is 0 Å². The SMILES string of the molecule is CC(=O)OC[C@H]1O[C@@H](OCCCN2C(=O)N(C(C)(C)C)C(=O)C2(C)C)[C@H](OC(C)=O)[C@@H](OC(C)=O)[C@@H]1OC(C)=O. The van der Waals surface area contributed by atoms with Gasteiger partial charge in [-0.1, -0.05) is 0 Å². The van der Waals surface area contributed by atoms with Crippen molar-refractivity contribution in [2.75, 3.05) is 19.8 Å². The van der Waals surface area contributed by atoms with Gasteiger partial charge in [0.05, 0.1) is 6.61 Å². The molecule has 0 aliphatic carbocycles. The predicted molar refractivity (Wildman–Crippen MR) is 135 cm³/mol. The summed E-state index contributed by atoms with van der Waals surface area (Å²) in [6.45, 7) is 13.0. The fourth-order valence-corrected chi connectivity index (χ4v) is 4.55. The number of nitrogens with zero attached hydrogens (tertiary/aromatic N) is 2. The molecule has 226 valence electrons. The average molecular weight is 573 g/mol. The Balaban J connectivity index is 2.24. The van der Waals surface area contributed by atoms with E-state index in [4.69, 9.17) is 28.4 Å². The standard InChI is InChI=1S/C26H40N2O12/c1-14(29)36-13-18-19(37-15(2)30)20(38-16(3)31)21(39-17(4)32)22(40-18)35-12-10-11-27-24(34)28(25(5,6)7)23(33)26(27,8)9/h18-22H,10-13H2,1-9H3/t18-,19-,20+,21-,22-/m1/s1. The predicted octanol–water partition coefficient (Wildman–Crippen LogP) is 1.32. The number of urea groups is 1. The van der Waals surface area contributed by atoms with Gasteiger partial charge < -0.3 is 33.3 Å². The summed E-state index contributed by atoms with van der Waals surface area (Å²) < 4.78 is 32.9. The van der Waals surface area contributed by atoms with Gasteiger partial charge in [-0.15, -0.1) is 0 Å². The molecule has 2 rings (SSSR count). The number of imide groups is 1. The lowest BCUT2D eigenvalue weighted by molar-refractivity contribution is -0.308. The Morgan fingerprint density at radius 1 is 0.850 bits per heavy atom. The van der Waals surface area contributed by atoms with E-state index in [2.05, 4.69) is 0 Å². The van der Waals surface area contributed by atoms with Crippen LogP contribution in [0.1, 0.15) is 68.7 Å². The van der Waals surface area contributed by atoms with Gasteiger partial charge in [0, 0.05) is 39.8 Å². The Hall–Kier alpha value is -3.26. The van der Waals surface area contributed by atoms with Crippen LogP contribution in [-0.4, -0.2) is 107 Å². The molecule has 0 spiro atoms. The van der Waals surface area contributed by atoms with Gasteiger partial charge in [0.25, 0.3) is 5.91 Å². The highest BCUT2D eigenvalue weighted by Crippen LogP contribution is 2.33. The molecule has 14 heteroatoms. The highest BCUT2D eigenvalue weighted by molar-refractivity contribution is 6.07. The van der Waals surface area contributed by atoms with Crippen LogP contribution in [0.2, 0.25) is 0 Å². The summed E-state index contributed by atoms with van der Waals surface area (Å²) in [6.07, 6.45) is -6.18. The number of hydrogen-bond donors (Lipinski definition) is 0. The van der Waals surface area contributed by atoms with Gasteiger partial charge in [0.2, 0.25) is 0 Å². The van der Waals surface area contributed by atoms with E-state index < -0.39 is 71.7 Å². The fraction of sp³-hybridized carbons (Fsp3) is 0.769. The van der Waals surface area contributed by atoms with E-state index in [9.17, 15) is 28.8 Å². The van der Waals surface area contributed by atoms with Crippen LogP contribution in [0, 0.1) is 0 Å². The van der Waals surface area contributed by atoms with Gasteiger partial charge in [-0.2, -0.15) is 0 Å². The first kappa shape index (κ1) is 32.9. The lowest BCUT2D eigenvalue weighted by atomic mass is 9.98. The molecule has 2 aliphatic heterocycles. The summed E-state index contributed by atoms with van der Waals surface area (Å²) >= 11 is 0. The first-order valence-corrected chi connectivity index (χ1v) is 13.0. The topological polar surface area (TPSA) is 164 Å². The summed E-state index contributed by atoms with van der Waals surface area (Å²) in [5, 5.41) is 0. The number of esters is 4. The van der Waals surface area contributed by atoms with Gasteiger partial charge in [0.1, 0.15) is 18.2 Å². The van der Waals surface area contributed by atoms with E-state index in [1.54, 1.807) is 34.6 Å². The molecule has 2 saturated heterocycles. The maximum Gasteiger partial charge on any atom is 0.328 e. The summed E-state index contributed by atoms with van der Waals surface area (Å²) in [7, 11) is 0. The van der Waals surface area contributed by atoms with Crippen LogP contribution in [-0.2, 0) is 52.4 Å². The van der Waals surface area contributed by atoms with Crippen LogP contribution in [0.5, 0.6) is 0 Å². The second-order valence-corrected chi connectivity index (χ2v) is 11.1. The van der Waals surface area contributed by atoms with Crippen LogP contribution in [0.4, 0.5) is 4.79 Å². The van der Waals surface area contributed by atoms with Crippen molar-refractivity contribution in [1.82, 2.24) is 9.80 Å². The fourth-order valence-electron chi connectivity index (χ4n) is 4.55. The van der Waals surface area contributed by atoms with Gasteiger partial charge in [-0.25, -0.2) is 4.79 Å². The van der Waals surface area contributed by atoms with Crippen molar-refractivity contribution in [1.29, 1.82) is 0 Å². The molecule has 0 bridgehead atoms. The minimum absolute atomic E-state index is 0.0304. The highest BCUT2D eigenvalue weighted by atomic mass is 16.7. The molecule has 0 saturated carbocycles. The van der Waals surface area contributed by atoms with E-state index >= 15 is 0 Å². The van der Waals surface area contributed by atoms with Crippen molar-refractivity contribution in [3.8, 4) is 0 Å². The number of carbonyl (C=O) groups excluding carboxylic acids is 6. The van der Waals surface area contributed by atoms with Crippen molar-refractivity contribution in [3.63, 3.8) is 0 Å². The Morgan fingerprint density at radius 2 is 1.38 bits per heavy atom. The van der Waals surface area contributed by atoms with E-state index in [1.165, 1.54) is 16.7 Å². The lowest BCUT2D eigenvalue weighted by Crippen LogP contribution is -2.63. The van der Waals surface area contributed by atoms with Gasteiger partial charge in [-0.05, 0) is 41.0 Å². The summed E-state index contributed by atoms with van der Waals surface area (Å²) in [4.78, 5) is 75.9. The molecular formula is C26H40N2O12. The van der Waals surface area contributed by atoms with Crippen molar-refractivity contribution < 1.29 is 57.2 Å². The third kappa shape index (κ3) is 7.90. The Kier molecular flexibility index (Phi) is 10.7. The third-order valence-corrected chi connectivity index (χ3v) is 6.25. The molecule has 40 heavy (non-hydrogen) atoms. The average Bonchev–Trinajstić information content (AvgIpc) is 2.96. The zero-order valence-corrected chi connectivity index (χ0v) is 24.5. The summed E-state index contributed by atoms with van der Waals surface area (Å²) in [5.74, 6) is -3.19. The number of ether oxygens (including phenoxy) is 6. The van der Waals surface area contributed by atoms with Crippen LogP contribution in [0.15, 0.2) is 0 Å². The molecular weight excluding hydrogens is 532 g/mol. The molecule has 3 amide bonds. The van der Waals surface area contributed by atoms with Gasteiger partial charge in [-0.3, -0.25) is 28.9 Å². The number of carbonyl (C=O) groups is 6. The zero-order chi connectivity index (χ0) is 30.6. The van der Waals surface area contributed by atoms with Crippen LogP contribution in [0.25, 0.3) is 0 Å². The van der Waals surface area contributed by atoms with E-state index in [1.807, 2.05) is 0 Å². The molecule has 2 aliphatic rings. The molecule has 0 aromatic heterocycles. The minimum Gasteiger partial charge on any atom is -0.463 e. The van der Waals surface area contributed by atoms with Crippen molar-refractivity contribution in [2.45, 2.75) is 111 Å². The van der Waals surface area contributed by atoms with Crippen molar-refractivity contribution >= 4 is 35.8 Å². The minimum atomic E-state index is -1.35. The second-order valence-electron chi connectivity index (χ2n) is 11.1. The molecule has 0 aromatic carbocycles. The largest absolute Gasteiger partial charge is 0.463 e. The second kappa shape index (κ2) is 12.9. The molecule has 2 fully saturated rings. The first-order chi connectivity index (χ1) is 18.4. The first-order valence-electron chi connectivity index (χ1n) is 13.0. The Morgan fingerprint density at radius 3 is 1.85 bits per heavy atom. The zero-order valence-electron chi connectivity index (χ0n) is 24.5. The number of hydrogen-bond acceptors (Lipinski definition) is 12. The lowest BCUT2D eigenvalue weighted by Gasteiger charge is -2.44. The smallest absolute Gasteiger partial charge is 0.328 e. The Labute approximate surface area is 233 Å². The molecule has 0 radical (unpaired) electrons. The maximum atomic E-state index is 13.1. The van der Waals surface area contributed by atoms with Crippen molar-refractivity contribution in [2.24, 2.45) is 0 Å². The molecule has 2 heterocycles. The maximum absolute atomic E-state index is 13.1.